The third-order valence-electron chi connectivity index (χ3n) is 2.50. The molecule has 0 aromatic carbocycles. The van der Waals surface area contributed by atoms with Crippen LogP contribution < -0.4 is 0 Å². The molecule has 1 heteroatoms. The van der Waals surface area contributed by atoms with E-state index in [0.717, 1.165) is 15.0 Å². The molecule has 0 saturated carbocycles. The molecule has 2 heterocycles. The Labute approximate surface area is 63.6 Å². The van der Waals surface area contributed by atoms with E-state index in [9.17, 15) is 0 Å². The van der Waals surface area contributed by atoms with Gasteiger partial charge in [-0.25, -0.2) is 0 Å². The normalized spacial score (nSPS) is 42.7. The van der Waals surface area contributed by atoms with E-state index < -0.39 is 0 Å². The van der Waals surface area contributed by atoms with Crippen molar-refractivity contribution < 1.29 is 0 Å². The summed E-state index contributed by atoms with van der Waals surface area (Å²) < 4.78 is 0. The van der Waals surface area contributed by atoms with Crippen LogP contribution in [-0.4, -0.2) is 15.0 Å². The molecular weight excluding hydrogens is 175 g/mol. The number of hydrogen-bond donors (Lipinski definition) is 0. The quantitative estimate of drug-likeness (QED) is 0.514. The van der Waals surface area contributed by atoms with E-state index in [-0.39, 0.29) is 0 Å². The molecule has 52 valence electrons. The maximum atomic E-state index is 1.59. The van der Waals surface area contributed by atoms with E-state index in [1.807, 2.05) is 0 Å². The second-order valence-electron chi connectivity index (χ2n) is 3.24. The predicted octanol–water partition coefficient (Wildman–Crippen LogP) is 2.64. The average Bonchev–Trinajstić information content (AvgIpc) is 2.09. The summed E-state index contributed by atoms with van der Waals surface area (Å²) in [5, 5.41) is 0. The van der Waals surface area contributed by atoms with Crippen LogP contribution in [0.25, 0.3) is 0 Å². The number of rotatable bonds is 0. The second-order valence-corrected chi connectivity index (χ2v) is 6.61. The van der Waals surface area contributed by atoms with Crippen molar-refractivity contribution in [2.75, 3.05) is 0 Å². The predicted molar refractivity (Wildman–Crippen MR) is 41.0 cm³/mol. The van der Waals surface area contributed by atoms with Gasteiger partial charge in [-0.2, -0.15) is 0 Å². The summed E-state index contributed by atoms with van der Waals surface area (Å²) in [6.45, 7) is 0. The zero-order chi connectivity index (χ0) is 6.10. The molecule has 2 saturated heterocycles. The van der Waals surface area contributed by atoms with Crippen LogP contribution >= 0.6 is 0 Å². The summed E-state index contributed by atoms with van der Waals surface area (Å²) in [7, 11) is 0. The molecule has 9 heavy (non-hydrogen) atoms. The molecule has 0 N–H and O–H groups in total. The summed E-state index contributed by atoms with van der Waals surface area (Å²) in [6, 6.07) is 0. The van der Waals surface area contributed by atoms with Crippen molar-refractivity contribution in [2.24, 2.45) is 0 Å². The second kappa shape index (κ2) is 2.64. The minimum absolute atomic E-state index is 1.07. The molecule has 2 fully saturated rings. The van der Waals surface area contributed by atoms with Gasteiger partial charge in [0, 0.05) is 0 Å². The van der Waals surface area contributed by atoms with Gasteiger partial charge in [0.1, 0.15) is 0 Å². The van der Waals surface area contributed by atoms with E-state index >= 15 is 0 Å². The summed E-state index contributed by atoms with van der Waals surface area (Å²) in [4.78, 5) is 2.43. The molecule has 0 nitrogen and oxygen atoms in total. The topological polar surface area (TPSA) is 0 Å². The SMILES string of the molecule is C1CCC2CCC(C1)[Se]2. The standard InChI is InChI=1S/C8H14Se/c1-2-4-8-6-5-7(3-1)9-8/h7-8H,1-6H2. The van der Waals surface area contributed by atoms with Gasteiger partial charge in [-0.3, -0.25) is 0 Å². The Kier molecular flexibility index (Phi) is 1.83. The Balaban J connectivity index is 1.99. The first-order valence-corrected chi connectivity index (χ1v) is 6.08. The van der Waals surface area contributed by atoms with Crippen LogP contribution in [0.3, 0.4) is 0 Å². The van der Waals surface area contributed by atoms with Crippen molar-refractivity contribution in [3.8, 4) is 0 Å². The molecule has 0 radical (unpaired) electrons. The van der Waals surface area contributed by atoms with Gasteiger partial charge in [0.15, 0.2) is 0 Å². The third kappa shape index (κ3) is 1.33. The summed E-state index contributed by atoms with van der Waals surface area (Å²) >= 11 is 1.07. The molecule has 0 aromatic rings. The van der Waals surface area contributed by atoms with Gasteiger partial charge < -0.3 is 0 Å². The molecule has 0 spiro atoms. The van der Waals surface area contributed by atoms with Crippen LogP contribution in [0.2, 0.25) is 9.63 Å². The molecule has 0 amide bonds. The Morgan fingerprint density at radius 2 is 1.33 bits per heavy atom. The Hall–Kier alpha value is 0.519. The van der Waals surface area contributed by atoms with Gasteiger partial charge in [-0.1, -0.05) is 0 Å². The molecule has 2 rings (SSSR count). The van der Waals surface area contributed by atoms with Crippen LogP contribution in [0.5, 0.6) is 0 Å². The molecule has 2 aliphatic rings. The Morgan fingerprint density at radius 3 is 1.89 bits per heavy atom. The molecule has 2 unspecified atom stereocenters. The van der Waals surface area contributed by atoms with Crippen molar-refractivity contribution in [3.05, 3.63) is 0 Å². The Bertz CT molecular complexity index is 88.7. The van der Waals surface area contributed by atoms with E-state index in [1.54, 1.807) is 38.5 Å². The fraction of sp³-hybridized carbons (Fsp3) is 1.00. The number of fused-ring (bicyclic) bond motifs is 2. The fourth-order valence-electron chi connectivity index (χ4n) is 1.95. The molecule has 2 aliphatic heterocycles. The summed E-state index contributed by atoms with van der Waals surface area (Å²) in [5.74, 6) is 0. The van der Waals surface area contributed by atoms with Crippen molar-refractivity contribution in [1.29, 1.82) is 0 Å². The zero-order valence-electron chi connectivity index (χ0n) is 5.81. The van der Waals surface area contributed by atoms with Gasteiger partial charge in [-0.05, 0) is 0 Å². The zero-order valence-corrected chi connectivity index (χ0v) is 7.52. The summed E-state index contributed by atoms with van der Waals surface area (Å²) in [5.41, 5.74) is 0. The van der Waals surface area contributed by atoms with Gasteiger partial charge in [0.25, 0.3) is 0 Å². The minimum atomic E-state index is 1.07. The van der Waals surface area contributed by atoms with Crippen LogP contribution in [0.15, 0.2) is 0 Å². The van der Waals surface area contributed by atoms with Gasteiger partial charge in [-0.15, -0.1) is 0 Å². The summed E-state index contributed by atoms with van der Waals surface area (Å²) in [6.07, 6.45) is 9.42. The van der Waals surface area contributed by atoms with E-state index in [0.29, 0.717) is 0 Å². The molecule has 2 bridgehead atoms. The first-order chi connectivity index (χ1) is 4.45. The first-order valence-electron chi connectivity index (χ1n) is 4.10. The van der Waals surface area contributed by atoms with Crippen molar-refractivity contribution >= 4 is 15.0 Å². The first kappa shape index (κ1) is 6.24. The maximum absolute atomic E-state index is 1.59. The number of hydrogen-bond acceptors (Lipinski definition) is 0. The van der Waals surface area contributed by atoms with Crippen molar-refractivity contribution in [3.63, 3.8) is 0 Å². The third-order valence-corrected chi connectivity index (χ3v) is 6.09. The van der Waals surface area contributed by atoms with Crippen molar-refractivity contribution in [1.82, 2.24) is 0 Å². The molecular formula is C8H14Se. The van der Waals surface area contributed by atoms with E-state index in [1.165, 1.54) is 9.63 Å². The van der Waals surface area contributed by atoms with Crippen LogP contribution in [0, 0.1) is 0 Å². The molecule has 0 aliphatic carbocycles. The van der Waals surface area contributed by atoms with Crippen LogP contribution in [0.1, 0.15) is 38.5 Å². The van der Waals surface area contributed by atoms with Crippen molar-refractivity contribution in [2.45, 2.75) is 48.2 Å². The van der Waals surface area contributed by atoms with Crippen LogP contribution in [-0.2, 0) is 0 Å². The van der Waals surface area contributed by atoms with E-state index in [4.69, 9.17) is 0 Å². The van der Waals surface area contributed by atoms with Gasteiger partial charge in [0.05, 0.1) is 0 Å². The average molecular weight is 189 g/mol. The van der Waals surface area contributed by atoms with Crippen LogP contribution in [0.4, 0.5) is 0 Å². The van der Waals surface area contributed by atoms with Gasteiger partial charge in [0.2, 0.25) is 0 Å². The molecule has 2 atom stereocenters. The molecule has 0 aromatic heterocycles. The van der Waals surface area contributed by atoms with Gasteiger partial charge >= 0.3 is 63.1 Å². The fourth-order valence-corrected chi connectivity index (χ4v) is 5.50. The van der Waals surface area contributed by atoms with E-state index in [2.05, 4.69) is 0 Å². The Morgan fingerprint density at radius 1 is 0.778 bits per heavy atom. The monoisotopic (exact) mass is 190 g/mol.